The predicted molar refractivity (Wildman–Crippen MR) is 85.5 cm³/mol. The van der Waals surface area contributed by atoms with Crippen LogP contribution in [-0.4, -0.2) is 30.2 Å². The summed E-state index contributed by atoms with van der Waals surface area (Å²) in [7, 11) is 1.42. The van der Waals surface area contributed by atoms with Crippen LogP contribution in [0, 0.1) is 0 Å². The Morgan fingerprint density at radius 1 is 1.09 bits per heavy atom. The minimum Gasteiger partial charge on any atom is -0.504 e. The van der Waals surface area contributed by atoms with E-state index in [1.54, 1.807) is 48.5 Å². The van der Waals surface area contributed by atoms with Gasteiger partial charge >= 0.3 is 11.8 Å². The minimum atomic E-state index is -0.924. The largest absolute Gasteiger partial charge is 0.504 e. The Balaban J connectivity index is 1.95. The number of aromatic hydroxyl groups is 1. The Morgan fingerprint density at radius 3 is 2.52 bits per heavy atom. The quantitative estimate of drug-likeness (QED) is 0.452. The van der Waals surface area contributed by atoms with Gasteiger partial charge in [0.25, 0.3) is 0 Å². The minimum absolute atomic E-state index is 0.110. The molecule has 0 spiro atoms. The fraction of sp³-hybridized carbons (Fsp3) is 0.0625. The van der Waals surface area contributed by atoms with Gasteiger partial charge in [-0.05, 0) is 24.3 Å². The van der Waals surface area contributed by atoms with Crippen LogP contribution < -0.4 is 15.5 Å². The number of rotatable bonds is 4. The third-order valence-corrected chi connectivity index (χ3v) is 2.86. The van der Waals surface area contributed by atoms with Crippen molar-refractivity contribution in [1.29, 1.82) is 0 Å². The third-order valence-electron chi connectivity index (χ3n) is 2.86. The zero-order valence-electron chi connectivity index (χ0n) is 12.3. The summed E-state index contributed by atoms with van der Waals surface area (Å²) in [6.45, 7) is 0. The number of ether oxygens (including phenoxy) is 1. The van der Waals surface area contributed by atoms with E-state index in [-0.39, 0.29) is 11.5 Å². The second-order valence-electron chi connectivity index (χ2n) is 4.42. The average molecular weight is 313 g/mol. The van der Waals surface area contributed by atoms with Gasteiger partial charge in [0.05, 0.1) is 13.3 Å². The molecule has 2 amide bonds. The van der Waals surface area contributed by atoms with Gasteiger partial charge in [-0.15, -0.1) is 0 Å². The average Bonchev–Trinajstić information content (AvgIpc) is 2.57. The van der Waals surface area contributed by atoms with Crippen LogP contribution >= 0.6 is 0 Å². The number of nitrogens with one attached hydrogen (secondary N) is 2. The number of carbonyl (C=O) groups is 2. The smallest absolute Gasteiger partial charge is 0.329 e. The number of amides is 2. The van der Waals surface area contributed by atoms with Crippen LogP contribution in [0.1, 0.15) is 5.56 Å². The normalized spacial score (nSPS) is 10.3. The Bertz CT molecular complexity index is 729. The molecule has 0 aromatic heterocycles. The lowest BCUT2D eigenvalue weighted by Crippen LogP contribution is -2.32. The molecule has 2 aromatic rings. The van der Waals surface area contributed by atoms with E-state index >= 15 is 0 Å². The van der Waals surface area contributed by atoms with E-state index in [9.17, 15) is 14.7 Å². The topological polar surface area (TPSA) is 100 Å². The first kappa shape index (κ1) is 16.0. The third kappa shape index (κ3) is 4.31. The molecule has 0 radical (unpaired) electrons. The fourth-order valence-corrected chi connectivity index (χ4v) is 1.73. The molecule has 3 N–H and O–H groups in total. The summed E-state index contributed by atoms with van der Waals surface area (Å²) in [4.78, 5) is 23.3. The molecule has 118 valence electrons. The molecule has 0 saturated carbocycles. The number of carbonyl (C=O) groups excluding carboxylic acids is 2. The molecule has 2 rings (SSSR count). The van der Waals surface area contributed by atoms with Crippen molar-refractivity contribution in [2.75, 3.05) is 12.4 Å². The Hall–Kier alpha value is -3.35. The maximum absolute atomic E-state index is 11.7. The lowest BCUT2D eigenvalue weighted by Gasteiger charge is -2.05. The molecule has 0 aliphatic carbocycles. The second kappa shape index (κ2) is 7.60. The lowest BCUT2D eigenvalue weighted by molar-refractivity contribution is -0.136. The number of para-hydroxylation sites is 2. The number of phenolic OH excluding ortho intramolecular Hbond substituents is 1. The summed E-state index contributed by atoms with van der Waals surface area (Å²) in [6, 6.07) is 13.4. The Kier molecular flexibility index (Phi) is 5.30. The second-order valence-corrected chi connectivity index (χ2v) is 4.42. The van der Waals surface area contributed by atoms with Crippen molar-refractivity contribution in [3.63, 3.8) is 0 Å². The van der Waals surface area contributed by atoms with Crippen LogP contribution in [0.5, 0.6) is 11.5 Å². The van der Waals surface area contributed by atoms with Crippen molar-refractivity contribution in [3.05, 3.63) is 54.1 Å². The van der Waals surface area contributed by atoms with Crippen molar-refractivity contribution in [1.82, 2.24) is 5.43 Å². The molecule has 7 heteroatoms. The molecule has 0 fully saturated rings. The number of nitrogens with zero attached hydrogens (tertiary/aromatic N) is 1. The molecule has 0 unspecified atom stereocenters. The highest BCUT2D eigenvalue weighted by Crippen LogP contribution is 2.27. The monoisotopic (exact) mass is 313 g/mol. The number of methoxy groups -OCH3 is 1. The highest BCUT2D eigenvalue weighted by Gasteiger charge is 2.12. The van der Waals surface area contributed by atoms with Crippen molar-refractivity contribution < 1.29 is 19.4 Å². The Labute approximate surface area is 132 Å². The first-order chi connectivity index (χ1) is 11.1. The van der Waals surface area contributed by atoms with Gasteiger partial charge in [0.1, 0.15) is 0 Å². The van der Waals surface area contributed by atoms with E-state index in [0.717, 1.165) is 0 Å². The molecular weight excluding hydrogens is 298 g/mol. The van der Waals surface area contributed by atoms with Crippen LogP contribution in [-0.2, 0) is 9.59 Å². The van der Waals surface area contributed by atoms with Gasteiger partial charge in [-0.3, -0.25) is 9.59 Å². The van der Waals surface area contributed by atoms with Gasteiger partial charge < -0.3 is 15.2 Å². The predicted octanol–water partition coefficient (Wildman–Crippen LogP) is 1.49. The highest BCUT2D eigenvalue weighted by molar-refractivity contribution is 6.39. The SMILES string of the molecule is COc1cccc(C=NNC(=O)C(=O)Nc2ccccc2)c1O. The van der Waals surface area contributed by atoms with Gasteiger partial charge in [0, 0.05) is 11.3 Å². The summed E-state index contributed by atoms with van der Waals surface area (Å²) < 4.78 is 4.95. The first-order valence-corrected chi connectivity index (χ1v) is 6.67. The summed E-state index contributed by atoms with van der Waals surface area (Å²) in [5.41, 5.74) is 2.93. The number of benzene rings is 2. The molecule has 0 aliphatic rings. The van der Waals surface area contributed by atoms with E-state index in [0.29, 0.717) is 11.3 Å². The molecule has 0 heterocycles. The van der Waals surface area contributed by atoms with Gasteiger partial charge in [-0.1, -0.05) is 24.3 Å². The zero-order valence-corrected chi connectivity index (χ0v) is 12.3. The first-order valence-electron chi connectivity index (χ1n) is 6.67. The van der Waals surface area contributed by atoms with Crippen molar-refractivity contribution in [2.45, 2.75) is 0 Å². The molecule has 0 saturated heterocycles. The van der Waals surface area contributed by atoms with E-state index in [1.807, 2.05) is 0 Å². The van der Waals surface area contributed by atoms with E-state index in [2.05, 4.69) is 15.8 Å². The van der Waals surface area contributed by atoms with Crippen molar-refractivity contribution >= 4 is 23.7 Å². The van der Waals surface area contributed by atoms with Crippen LogP contribution in [0.3, 0.4) is 0 Å². The summed E-state index contributed by atoms with van der Waals surface area (Å²) in [5.74, 6) is -1.60. The van der Waals surface area contributed by atoms with Gasteiger partial charge in [0.2, 0.25) is 0 Å². The maximum Gasteiger partial charge on any atom is 0.329 e. The fourth-order valence-electron chi connectivity index (χ4n) is 1.73. The van der Waals surface area contributed by atoms with Gasteiger partial charge in [-0.25, -0.2) is 5.43 Å². The van der Waals surface area contributed by atoms with Gasteiger partial charge in [-0.2, -0.15) is 5.10 Å². The molecule has 0 aliphatic heterocycles. The van der Waals surface area contributed by atoms with E-state index < -0.39 is 11.8 Å². The number of anilines is 1. The molecule has 7 nitrogen and oxygen atoms in total. The van der Waals surface area contributed by atoms with Crippen LogP contribution in [0.25, 0.3) is 0 Å². The van der Waals surface area contributed by atoms with E-state index in [4.69, 9.17) is 4.74 Å². The molecular formula is C16H15N3O4. The van der Waals surface area contributed by atoms with Crippen molar-refractivity contribution in [3.8, 4) is 11.5 Å². The van der Waals surface area contributed by atoms with Crippen LogP contribution in [0.15, 0.2) is 53.6 Å². The molecule has 0 bridgehead atoms. The lowest BCUT2D eigenvalue weighted by atomic mass is 10.2. The molecule has 2 aromatic carbocycles. The number of hydrogen-bond donors (Lipinski definition) is 3. The number of hydrogen-bond acceptors (Lipinski definition) is 5. The summed E-state index contributed by atoms with van der Waals surface area (Å²) in [5, 5.41) is 15.9. The number of phenols is 1. The Morgan fingerprint density at radius 2 is 1.83 bits per heavy atom. The van der Waals surface area contributed by atoms with Crippen LogP contribution in [0.4, 0.5) is 5.69 Å². The standard InChI is InChI=1S/C16H15N3O4/c1-23-13-9-5-6-11(14(13)20)10-17-19-16(22)15(21)18-12-7-3-2-4-8-12/h2-10,20H,1H3,(H,18,21)(H,19,22). The summed E-state index contributed by atoms with van der Waals surface area (Å²) >= 11 is 0. The number of hydrazone groups is 1. The van der Waals surface area contributed by atoms with E-state index in [1.165, 1.54) is 13.3 Å². The highest BCUT2D eigenvalue weighted by atomic mass is 16.5. The molecule has 23 heavy (non-hydrogen) atoms. The van der Waals surface area contributed by atoms with Crippen molar-refractivity contribution in [2.24, 2.45) is 5.10 Å². The maximum atomic E-state index is 11.7. The molecule has 0 atom stereocenters. The van der Waals surface area contributed by atoms with Gasteiger partial charge in [0.15, 0.2) is 11.5 Å². The summed E-state index contributed by atoms with van der Waals surface area (Å²) in [6.07, 6.45) is 1.21. The van der Waals surface area contributed by atoms with Crippen LogP contribution in [0.2, 0.25) is 0 Å². The zero-order chi connectivity index (χ0) is 16.7.